The number of morpholine rings is 1. The molecule has 0 spiro atoms. The number of nitrogens with zero attached hydrogens (tertiary/aromatic N) is 2. The van der Waals surface area contributed by atoms with E-state index in [0.717, 1.165) is 37.6 Å². The van der Waals surface area contributed by atoms with E-state index in [2.05, 4.69) is 22.1 Å². The van der Waals surface area contributed by atoms with Gasteiger partial charge in [-0.2, -0.15) is 0 Å². The highest BCUT2D eigenvalue weighted by Crippen LogP contribution is 2.12. The molecule has 1 aliphatic rings. The van der Waals surface area contributed by atoms with Crippen LogP contribution in [0.4, 0.5) is 5.82 Å². The molecule has 0 aliphatic carbocycles. The first-order valence-electron chi connectivity index (χ1n) is 6.53. The molecule has 2 rings (SSSR count). The fraction of sp³-hybridized carbons (Fsp3) is 0.538. The molecular weight excluding hydrogens is 260 g/mol. The molecule has 1 saturated heterocycles. The minimum atomic E-state index is 0.176. The second-order valence-corrected chi connectivity index (χ2v) is 4.97. The molecule has 2 heterocycles. The van der Waals surface area contributed by atoms with Gasteiger partial charge in [-0.1, -0.05) is 19.1 Å². The summed E-state index contributed by atoms with van der Waals surface area (Å²) in [7, 11) is 0. The number of nitrogens with two attached hydrogens (primary N) is 1. The van der Waals surface area contributed by atoms with Gasteiger partial charge in [0.25, 0.3) is 0 Å². The SMILES string of the molecule is CCN1CCOC(CNc2ncccc2C(N)=S)C1. The first-order valence-corrected chi connectivity index (χ1v) is 6.94. The lowest BCUT2D eigenvalue weighted by atomic mass is 10.2. The van der Waals surface area contributed by atoms with Crippen LogP contribution in [-0.2, 0) is 4.74 Å². The number of nitrogens with one attached hydrogen (secondary N) is 1. The van der Waals surface area contributed by atoms with Gasteiger partial charge in [-0.3, -0.25) is 4.90 Å². The van der Waals surface area contributed by atoms with Gasteiger partial charge >= 0.3 is 0 Å². The van der Waals surface area contributed by atoms with Crippen molar-refractivity contribution in [3.05, 3.63) is 23.9 Å². The number of rotatable bonds is 5. The molecule has 1 atom stereocenters. The molecule has 1 aromatic heterocycles. The normalized spacial score (nSPS) is 20.2. The Morgan fingerprint density at radius 2 is 2.53 bits per heavy atom. The highest BCUT2D eigenvalue weighted by molar-refractivity contribution is 7.80. The zero-order valence-electron chi connectivity index (χ0n) is 11.1. The van der Waals surface area contributed by atoms with Crippen molar-refractivity contribution in [3.8, 4) is 0 Å². The van der Waals surface area contributed by atoms with Crippen LogP contribution < -0.4 is 11.1 Å². The van der Waals surface area contributed by atoms with Crippen LogP contribution in [0, 0.1) is 0 Å². The summed E-state index contributed by atoms with van der Waals surface area (Å²) in [5.74, 6) is 0.729. The lowest BCUT2D eigenvalue weighted by Crippen LogP contribution is -2.45. The van der Waals surface area contributed by atoms with Crippen LogP contribution in [0.15, 0.2) is 18.3 Å². The third-order valence-electron chi connectivity index (χ3n) is 3.24. The zero-order valence-corrected chi connectivity index (χ0v) is 11.9. The van der Waals surface area contributed by atoms with E-state index in [0.29, 0.717) is 11.5 Å². The number of pyridine rings is 1. The summed E-state index contributed by atoms with van der Waals surface area (Å²) >= 11 is 5.02. The standard InChI is InChI=1S/C13H20N4OS/c1-2-17-6-7-18-10(9-17)8-16-13-11(12(14)19)4-3-5-15-13/h3-5,10H,2,6-9H2,1H3,(H2,14,19)(H,15,16). The third kappa shape index (κ3) is 3.86. The van der Waals surface area contributed by atoms with Gasteiger partial charge in [-0.15, -0.1) is 0 Å². The minimum absolute atomic E-state index is 0.176. The Labute approximate surface area is 119 Å². The molecule has 5 nitrogen and oxygen atoms in total. The molecule has 19 heavy (non-hydrogen) atoms. The maximum atomic E-state index is 5.74. The van der Waals surface area contributed by atoms with Gasteiger partial charge in [0, 0.05) is 25.8 Å². The number of thiocarbonyl (C=S) groups is 1. The van der Waals surface area contributed by atoms with Gasteiger partial charge < -0.3 is 15.8 Å². The average Bonchev–Trinajstić information content (AvgIpc) is 2.45. The van der Waals surface area contributed by atoms with E-state index in [4.69, 9.17) is 22.7 Å². The number of aromatic nitrogens is 1. The van der Waals surface area contributed by atoms with Crippen LogP contribution in [-0.4, -0.2) is 53.8 Å². The van der Waals surface area contributed by atoms with E-state index in [9.17, 15) is 0 Å². The molecule has 3 N–H and O–H groups in total. The van der Waals surface area contributed by atoms with E-state index >= 15 is 0 Å². The molecule has 0 saturated carbocycles. The van der Waals surface area contributed by atoms with Crippen LogP contribution in [0.1, 0.15) is 12.5 Å². The zero-order chi connectivity index (χ0) is 13.7. The van der Waals surface area contributed by atoms with E-state index < -0.39 is 0 Å². The van der Waals surface area contributed by atoms with E-state index in [1.165, 1.54) is 0 Å². The number of hydrogen-bond donors (Lipinski definition) is 2. The van der Waals surface area contributed by atoms with Crippen molar-refractivity contribution in [1.29, 1.82) is 0 Å². The maximum Gasteiger partial charge on any atom is 0.136 e. The molecule has 0 radical (unpaired) electrons. The van der Waals surface area contributed by atoms with E-state index in [1.54, 1.807) is 6.20 Å². The van der Waals surface area contributed by atoms with Gasteiger partial charge in [0.2, 0.25) is 0 Å². The Balaban J connectivity index is 1.93. The van der Waals surface area contributed by atoms with Crippen LogP contribution in [0.25, 0.3) is 0 Å². The molecular formula is C13H20N4OS. The lowest BCUT2D eigenvalue weighted by molar-refractivity contribution is -0.0192. The molecule has 0 amide bonds. The van der Waals surface area contributed by atoms with Gasteiger partial charge in [0.15, 0.2) is 0 Å². The fourth-order valence-corrected chi connectivity index (χ4v) is 2.31. The highest BCUT2D eigenvalue weighted by atomic mass is 32.1. The van der Waals surface area contributed by atoms with Gasteiger partial charge in [0.05, 0.1) is 18.3 Å². The van der Waals surface area contributed by atoms with Crippen molar-refractivity contribution in [2.24, 2.45) is 5.73 Å². The third-order valence-corrected chi connectivity index (χ3v) is 3.46. The Morgan fingerprint density at radius 1 is 1.68 bits per heavy atom. The van der Waals surface area contributed by atoms with Crippen LogP contribution >= 0.6 is 12.2 Å². The van der Waals surface area contributed by atoms with Crippen molar-refractivity contribution >= 4 is 23.0 Å². The number of ether oxygens (including phenoxy) is 1. The van der Waals surface area contributed by atoms with Crippen molar-refractivity contribution in [3.63, 3.8) is 0 Å². The average molecular weight is 280 g/mol. The Bertz CT molecular complexity index is 440. The fourth-order valence-electron chi connectivity index (χ4n) is 2.15. The molecule has 1 aliphatic heterocycles. The molecule has 104 valence electrons. The quantitative estimate of drug-likeness (QED) is 0.780. The first-order chi connectivity index (χ1) is 9.20. The first kappa shape index (κ1) is 14.2. The van der Waals surface area contributed by atoms with Gasteiger partial charge in [0.1, 0.15) is 10.8 Å². The van der Waals surface area contributed by atoms with E-state index in [-0.39, 0.29) is 6.10 Å². The maximum absolute atomic E-state index is 5.74. The van der Waals surface area contributed by atoms with Crippen LogP contribution in [0.2, 0.25) is 0 Å². The number of anilines is 1. The smallest absolute Gasteiger partial charge is 0.136 e. The van der Waals surface area contributed by atoms with Crippen molar-refractivity contribution in [1.82, 2.24) is 9.88 Å². The molecule has 1 fully saturated rings. The topological polar surface area (TPSA) is 63.4 Å². The molecule has 1 unspecified atom stereocenters. The second-order valence-electron chi connectivity index (χ2n) is 4.53. The van der Waals surface area contributed by atoms with Crippen LogP contribution in [0.3, 0.4) is 0 Å². The summed E-state index contributed by atoms with van der Waals surface area (Å²) in [5.41, 5.74) is 6.46. The summed E-state index contributed by atoms with van der Waals surface area (Å²) < 4.78 is 5.74. The number of likely N-dealkylation sites (N-methyl/N-ethyl adjacent to an activating group) is 1. The lowest BCUT2D eigenvalue weighted by Gasteiger charge is -2.32. The molecule has 0 aromatic carbocycles. The summed E-state index contributed by atoms with van der Waals surface area (Å²) in [6, 6.07) is 3.70. The summed E-state index contributed by atoms with van der Waals surface area (Å²) in [6.45, 7) is 6.67. The molecule has 0 bridgehead atoms. The Morgan fingerprint density at radius 3 is 3.26 bits per heavy atom. The molecule has 1 aromatic rings. The predicted octanol–water partition coefficient (Wildman–Crippen LogP) is 0.848. The second kappa shape index (κ2) is 6.79. The summed E-state index contributed by atoms with van der Waals surface area (Å²) in [5, 5.41) is 3.28. The minimum Gasteiger partial charge on any atom is -0.389 e. The Kier molecular flexibility index (Phi) is 5.07. The van der Waals surface area contributed by atoms with Crippen LogP contribution in [0.5, 0.6) is 0 Å². The van der Waals surface area contributed by atoms with Crippen molar-refractivity contribution in [2.45, 2.75) is 13.0 Å². The summed E-state index contributed by atoms with van der Waals surface area (Å²) in [6.07, 6.45) is 1.90. The predicted molar refractivity (Wildman–Crippen MR) is 80.5 cm³/mol. The largest absolute Gasteiger partial charge is 0.389 e. The van der Waals surface area contributed by atoms with Gasteiger partial charge in [-0.25, -0.2) is 4.98 Å². The summed E-state index contributed by atoms with van der Waals surface area (Å²) in [4.78, 5) is 7.01. The Hall–Kier alpha value is -1.24. The number of hydrogen-bond acceptors (Lipinski definition) is 5. The highest BCUT2D eigenvalue weighted by Gasteiger charge is 2.19. The van der Waals surface area contributed by atoms with Crippen molar-refractivity contribution in [2.75, 3.05) is 38.1 Å². The van der Waals surface area contributed by atoms with E-state index in [1.807, 2.05) is 12.1 Å². The van der Waals surface area contributed by atoms with Gasteiger partial charge in [-0.05, 0) is 18.7 Å². The van der Waals surface area contributed by atoms with Crippen molar-refractivity contribution < 1.29 is 4.74 Å². The molecule has 6 heteroatoms. The monoisotopic (exact) mass is 280 g/mol.